The normalized spacial score (nSPS) is 12.7. The first-order valence-electron chi connectivity index (χ1n) is 6.42. The number of benzene rings is 1. The Morgan fingerprint density at radius 3 is 2.56 bits per heavy atom. The highest BCUT2D eigenvalue weighted by atomic mass is 32.2. The van der Waals surface area contributed by atoms with E-state index in [1.165, 1.54) is 0 Å². The number of nitrogens with zero attached hydrogens (tertiary/aromatic N) is 1. The lowest BCUT2D eigenvalue weighted by molar-refractivity contribution is -0.119. The second kappa shape index (κ2) is 8.33. The van der Waals surface area contributed by atoms with E-state index in [0.717, 1.165) is 17.7 Å². The van der Waals surface area contributed by atoms with Crippen molar-refractivity contribution in [2.75, 3.05) is 25.6 Å². The van der Waals surface area contributed by atoms with Crippen LogP contribution in [0.4, 0.5) is 0 Å². The summed E-state index contributed by atoms with van der Waals surface area (Å²) in [5.74, 6) is 1.38. The number of hydrogen-bond donors (Lipinski definition) is 0. The molecular formula is C15H23NOS. The fraction of sp³-hybridized carbons (Fsp3) is 0.533. The van der Waals surface area contributed by atoms with Gasteiger partial charge in [-0.2, -0.15) is 11.8 Å². The molecule has 0 fully saturated rings. The van der Waals surface area contributed by atoms with Crippen LogP contribution in [0.3, 0.4) is 0 Å². The van der Waals surface area contributed by atoms with E-state index in [4.69, 9.17) is 0 Å². The molecule has 0 amide bonds. The SMILES string of the molecule is CCC(CSC)N(C)CC(=O)Cc1ccccc1. The van der Waals surface area contributed by atoms with Gasteiger partial charge in [0.15, 0.2) is 5.78 Å². The summed E-state index contributed by atoms with van der Waals surface area (Å²) in [6.45, 7) is 2.73. The largest absolute Gasteiger partial charge is 0.298 e. The Kier molecular flexibility index (Phi) is 7.06. The molecular weight excluding hydrogens is 242 g/mol. The summed E-state index contributed by atoms with van der Waals surface area (Å²) in [5, 5.41) is 0. The zero-order chi connectivity index (χ0) is 13.4. The van der Waals surface area contributed by atoms with Crippen LogP contribution >= 0.6 is 11.8 Å². The third-order valence-corrected chi connectivity index (χ3v) is 3.84. The summed E-state index contributed by atoms with van der Waals surface area (Å²) in [4.78, 5) is 14.2. The van der Waals surface area contributed by atoms with E-state index >= 15 is 0 Å². The zero-order valence-corrected chi connectivity index (χ0v) is 12.4. The fourth-order valence-corrected chi connectivity index (χ4v) is 2.91. The molecule has 0 N–H and O–H groups in total. The van der Waals surface area contributed by atoms with E-state index in [0.29, 0.717) is 24.8 Å². The van der Waals surface area contributed by atoms with Gasteiger partial charge in [-0.3, -0.25) is 9.69 Å². The molecule has 0 saturated carbocycles. The predicted molar refractivity (Wildman–Crippen MR) is 80.2 cm³/mol. The summed E-state index contributed by atoms with van der Waals surface area (Å²) >= 11 is 1.84. The lowest BCUT2D eigenvalue weighted by atomic mass is 10.1. The van der Waals surface area contributed by atoms with Gasteiger partial charge in [0.25, 0.3) is 0 Å². The van der Waals surface area contributed by atoms with E-state index in [2.05, 4.69) is 18.1 Å². The maximum Gasteiger partial charge on any atom is 0.151 e. The average molecular weight is 265 g/mol. The van der Waals surface area contributed by atoms with Crippen LogP contribution in [0.1, 0.15) is 18.9 Å². The molecule has 0 bridgehead atoms. The molecule has 1 atom stereocenters. The van der Waals surface area contributed by atoms with Gasteiger partial charge in [0, 0.05) is 18.2 Å². The van der Waals surface area contributed by atoms with Crippen molar-refractivity contribution in [3.63, 3.8) is 0 Å². The molecule has 2 nitrogen and oxygen atoms in total. The Hall–Kier alpha value is -0.800. The third-order valence-electron chi connectivity index (χ3n) is 3.12. The predicted octanol–water partition coefficient (Wildman–Crippen LogP) is 2.87. The lowest BCUT2D eigenvalue weighted by Crippen LogP contribution is -2.37. The molecule has 0 aliphatic carbocycles. The quantitative estimate of drug-likeness (QED) is 0.721. The Balaban J connectivity index is 2.44. The molecule has 0 aliphatic heterocycles. The van der Waals surface area contributed by atoms with Crippen molar-refractivity contribution in [2.24, 2.45) is 0 Å². The van der Waals surface area contributed by atoms with Gasteiger partial charge >= 0.3 is 0 Å². The summed E-state index contributed by atoms with van der Waals surface area (Å²) in [5.41, 5.74) is 1.11. The van der Waals surface area contributed by atoms with E-state index in [-0.39, 0.29) is 0 Å². The van der Waals surface area contributed by atoms with Gasteiger partial charge in [0.2, 0.25) is 0 Å². The van der Waals surface area contributed by atoms with Crippen LogP contribution in [0.25, 0.3) is 0 Å². The van der Waals surface area contributed by atoms with E-state index < -0.39 is 0 Å². The van der Waals surface area contributed by atoms with Crippen molar-refractivity contribution >= 4 is 17.5 Å². The van der Waals surface area contributed by atoms with Crippen molar-refractivity contribution in [3.05, 3.63) is 35.9 Å². The first kappa shape index (κ1) is 15.3. The van der Waals surface area contributed by atoms with Gasteiger partial charge in [0.1, 0.15) is 0 Å². The molecule has 0 saturated heterocycles. The van der Waals surface area contributed by atoms with Crippen molar-refractivity contribution < 1.29 is 4.79 Å². The molecule has 100 valence electrons. The highest BCUT2D eigenvalue weighted by Crippen LogP contribution is 2.09. The standard InChI is InChI=1S/C15H23NOS/c1-4-14(12-18-3)16(2)11-15(17)10-13-8-6-5-7-9-13/h5-9,14H,4,10-12H2,1-3H3. The monoisotopic (exact) mass is 265 g/mol. The van der Waals surface area contributed by atoms with Crippen LogP contribution in [-0.4, -0.2) is 42.3 Å². The van der Waals surface area contributed by atoms with Gasteiger partial charge in [-0.1, -0.05) is 37.3 Å². The molecule has 1 unspecified atom stereocenters. The number of Topliss-reactive ketones (excluding diaryl/α,β-unsaturated/α-hetero) is 1. The minimum atomic E-state index is 0.295. The summed E-state index contributed by atoms with van der Waals surface area (Å²) in [6.07, 6.45) is 3.75. The van der Waals surface area contributed by atoms with Gasteiger partial charge < -0.3 is 0 Å². The second-order valence-corrected chi connectivity index (χ2v) is 5.54. The molecule has 1 aromatic rings. The van der Waals surface area contributed by atoms with Crippen molar-refractivity contribution in [1.82, 2.24) is 4.90 Å². The molecule has 0 aliphatic rings. The number of ketones is 1. The van der Waals surface area contributed by atoms with Crippen molar-refractivity contribution in [2.45, 2.75) is 25.8 Å². The molecule has 0 spiro atoms. The smallest absolute Gasteiger partial charge is 0.151 e. The van der Waals surface area contributed by atoms with E-state index in [9.17, 15) is 4.79 Å². The van der Waals surface area contributed by atoms with Crippen LogP contribution in [0, 0.1) is 0 Å². The van der Waals surface area contributed by atoms with Crippen LogP contribution < -0.4 is 0 Å². The number of carbonyl (C=O) groups is 1. The first-order valence-corrected chi connectivity index (χ1v) is 7.81. The summed E-state index contributed by atoms with van der Waals surface area (Å²) < 4.78 is 0. The van der Waals surface area contributed by atoms with Crippen LogP contribution in [0.5, 0.6) is 0 Å². The van der Waals surface area contributed by atoms with Crippen LogP contribution in [0.2, 0.25) is 0 Å². The molecule has 3 heteroatoms. The number of thioether (sulfide) groups is 1. The maximum atomic E-state index is 12.0. The van der Waals surface area contributed by atoms with Gasteiger partial charge in [-0.15, -0.1) is 0 Å². The van der Waals surface area contributed by atoms with Crippen LogP contribution in [-0.2, 0) is 11.2 Å². The Morgan fingerprint density at radius 2 is 2.00 bits per heavy atom. The van der Waals surface area contributed by atoms with Gasteiger partial charge in [0.05, 0.1) is 6.54 Å². The number of likely N-dealkylation sites (N-methyl/N-ethyl adjacent to an activating group) is 1. The van der Waals surface area contributed by atoms with Gasteiger partial charge in [-0.25, -0.2) is 0 Å². The lowest BCUT2D eigenvalue weighted by Gasteiger charge is -2.25. The number of carbonyl (C=O) groups excluding carboxylic acids is 1. The highest BCUT2D eigenvalue weighted by Gasteiger charge is 2.15. The molecule has 18 heavy (non-hydrogen) atoms. The molecule has 0 aromatic heterocycles. The van der Waals surface area contributed by atoms with E-state index in [1.807, 2.05) is 49.1 Å². The molecule has 1 aromatic carbocycles. The zero-order valence-electron chi connectivity index (χ0n) is 11.6. The summed E-state index contributed by atoms with van der Waals surface area (Å²) in [7, 11) is 2.05. The Bertz CT molecular complexity index is 353. The molecule has 1 rings (SSSR count). The third kappa shape index (κ3) is 5.23. The Labute approximate surface area is 115 Å². The van der Waals surface area contributed by atoms with E-state index in [1.54, 1.807) is 0 Å². The minimum absolute atomic E-state index is 0.295. The summed E-state index contributed by atoms with van der Waals surface area (Å²) in [6, 6.07) is 10.5. The fourth-order valence-electron chi connectivity index (χ4n) is 2.04. The van der Waals surface area contributed by atoms with Gasteiger partial charge in [-0.05, 0) is 25.3 Å². The Morgan fingerprint density at radius 1 is 1.33 bits per heavy atom. The topological polar surface area (TPSA) is 20.3 Å². The minimum Gasteiger partial charge on any atom is -0.298 e. The van der Waals surface area contributed by atoms with Crippen molar-refractivity contribution in [3.8, 4) is 0 Å². The second-order valence-electron chi connectivity index (χ2n) is 4.63. The highest BCUT2D eigenvalue weighted by molar-refractivity contribution is 7.98. The number of rotatable bonds is 8. The molecule has 0 radical (unpaired) electrons. The molecule has 0 heterocycles. The van der Waals surface area contributed by atoms with Crippen molar-refractivity contribution in [1.29, 1.82) is 0 Å². The van der Waals surface area contributed by atoms with Crippen LogP contribution in [0.15, 0.2) is 30.3 Å². The maximum absolute atomic E-state index is 12.0. The first-order chi connectivity index (χ1) is 8.67. The number of hydrogen-bond acceptors (Lipinski definition) is 3. The average Bonchev–Trinajstić information content (AvgIpc) is 2.36.